The van der Waals surface area contributed by atoms with Crippen molar-refractivity contribution in [3.05, 3.63) is 48.3 Å². The fraction of sp³-hybridized carbons (Fsp3) is 0.400. The van der Waals surface area contributed by atoms with Crippen LogP contribution in [0.3, 0.4) is 0 Å². The molecule has 1 aliphatic heterocycles. The molecule has 1 aromatic carbocycles. The van der Waals surface area contributed by atoms with Crippen LogP contribution in [0, 0.1) is 0 Å². The smallest absolute Gasteiger partial charge is 0.0645 e. The predicted molar refractivity (Wildman–Crippen MR) is 81.3 cm³/mol. The largest absolute Gasteiger partial charge is 0.310 e. The van der Waals surface area contributed by atoms with Crippen molar-refractivity contribution < 1.29 is 4.21 Å². The van der Waals surface area contributed by atoms with E-state index in [1.165, 1.54) is 5.56 Å². The third-order valence-electron chi connectivity index (χ3n) is 3.69. The van der Waals surface area contributed by atoms with Gasteiger partial charge in [0.25, 0.3) is 0 Å². The fourth-order valence-corrected chi connectivity index (χ4v) is 3.75. The molecule has 5 heteroatoms. The van der Waals surface area contributed by atoms with Gasteiger partial charge in [-0.2, -0.15) is 5.10 Å². The van der Waals surface area contributed by atoms with Gasteiger partial charge in [-0.05, 0) is 36.6 Å². The Labute approximate surface area is 121 Å². The monoisotopic (exact) mass is 289 g/mol. The molecule has 1 saturated heterocycles. The number of benzene rings is 1. The lowest BCUT2D eigenvalue weighted by atomic mass is 10.1. The number of hydrogen-bond acceptors (Lipinski definition) is 3. The van der Waals surface area contributed by atoms with Gasteiger partial charge in [0.15, 0.2) is 0 Å². The van der Waals surface area contributed by atoms with Crippen molar-refractivity contribution in [2.24, 2.45) is 0 Å². The molecule has 0 saturated carbocycles. The fourth-order valence-electron chi connectivity index (χ4n) is 2.45. The summed E-state index contributed by atoms with van der Waals surface area (Å²) in [7, 11) is -0.579. The first-order valence-corrected chi connectivity index (χ1v) is 8.47. The first kappa shape index (κ1) is 13.5. The summed E-state index contributed by atoms with van der Waals surface area (Å²) in [5.74, 6) is 1.69. The topological polar surface area (TPSA) is 46.9 Å². The van der Waals surface area contributed by atoms with Crippen LogP contribution in [0.1, 0.15) is 18.4 Å². The lowest BCUT2D eigenvalue weighted by Gasteiger charge is -2.22. The molecule has 0 radical (unpaired) electrons. The normalized spacial score (nSPS) is 22.8. The minimum Gasteiger partial charge on any atom is -0.310 e. The summed E-state index contributed by atoms with van der Waals surface area (Å²) in [6.45, 7) is 0.872. The van der Waals surface area contributed by atoms with Crippen molar-refractivity contribution in [1.82, 2.24) is 15.1 Å². The van der Waals surface area contributed by atoms with Gasteiger partial charge in [0.1, 0.15) is 0 Å². The minimum atomic E-state index is -0.579. The third-order valence-corrected chi connectivity index (χ3v) is 5.07. The maximum Gasteiger partial charge on any atom is 0.0645 e. The van der Waals surface area contributed by atoms with Crippen molar-refractivity contribution in [1.29, 1.82) is 0 Å². The number of aromatic nitrogens is 2. The van der Waals surface area contributed by atoms with E-state index in [0.29, 0.717) is 6.04 Å². The van der Waals surface area contributed by atoms with Crippen molar-refractivity contribution in [2.45, 2.75) is 25.4 Å². The molecule has 0 atom stereocenters. The Morgan fingerprint density at radius 1 is 1.25 bits per heavy atom. The van der Waals surface area contributed by atoms with Gasteiger partial charge in [0.2, 0.25) is 0 Å². The van der Waals surface area contributed by atoms with Crippen LogP contribution in [-0.4, -0.2) is 31.5 Å². The van der Waals surface area contributed by atoms with E-state index < -0.39 is 10.8 Å². The molecule has 3 rings (SSSR count). The first-order valence-electron chi connectivity index (χ1n) is 6.98. The molecule has 0 amide bonds. The van der Waals surface area contributed by atoms with Crippen molar-refractivity contribution >= 4 is 10.8 Å². The summed E-state index contributed by atoms with van der Waals surface area (Å²) in [5.41, 5.74) is 2.35. The summed E-state index contributed by atoms with van der Waals surface area (Å²) in [6.07, 6.45) is 5.77. The SMILES string of the molecule is O=S1CCC(NCc2ccc(-n3cccn3)cc2)CC1. The second-order valence-corrected chi connectivity index (χ2v) is 6.82. The van der Waals surface area contributed by atoms with E-state index in [0.717, 1.165) is 36.6 Å². The molecular formula is C15H19N3OS. The molecule has 1 fully saturated rings. The highest BCUT2D eigenvalue weighted by atomic mass is 32.2. The summed E-state index contributed by atoms with van der Waals surface area (Å²) >= 11 is 0. The lowest BCUT2D eigenvalue weighted by molar-refractivity contribution is 0.475. The van der Waals surface area contributed by atoms with E-state index in [2.05, 4.69) is 34.7 Å². The first-order chi connectivity index (χ1) is 9.81. The van der Waals surface area contributed by atoms with Gasteiger partial charge in [0, 0.05) is 47.3 Å². The van der Waals surface area contributed by atoms with E-state index in [1.807, 2.05) is 16.9 Å². The van der Waals surface area contributed by atoms with Gasteiger partial charge in [-0.1, -0.05) is 12.1 Å². The molecule has 1 aromatic heterocycles. The van der Waals surface area contributed by atoms with Crippen molar-refractivity contribution in [3.63, 3.8) is 0 Å². The average Bonchev–Trinajstić information content (AvgIpc) is 3.01. The predicted octanol–water partition coefficient (Wildman–Crippen LogP) is 1.87. The summed E-state index contributed by atoms with van der Waals surface area (Å²) in [6, 6.07) is 10.9. The molecule has 4 nitrogen and oxygen atoms in total. The van der Waals surface area contributed by atoms with Gasteiger partial charge in [-0.25, -0.2) is 4.68 Å². The van der Waals surface area contributed by atoms with Crippen LogP contribution < -0.4 is 5.32 Å². The zero-order chi connectivity index (χ0) is 13.8. The van der Waals surface area contributed by atoms with Crippen LogP contribution in [-0.2, 0) is 17.3 Å². The Bertz CT molecular complexity index is 555. The van der Waals surface area contributed by atoms with Gasteiger partial charge in [-0.3, -0.25) is 4.21 Å². The maximum atomic E-state index is 11.3. The molecule has 0 aliphatic carbocycles. The minimum absolute atomic E-state index is 0.512. The van der Waals surface area contributed by atoms with Gasteiger partial charge in [-0.15, -0.1) is 0 Å². The molecular weight excluding hydrogens is 270 g/mol. The van der Waals surface area contributed by atoms with Crippen LogP contribution in [0.5, 0.6) is 0 Å². The van der Waals surface area contributed by atoms with Crippen LogP contribution in [0.25, 0.3) is 5.69 Å². The van der Waals surface area contributed by atoms with Crippen molar-refractivity contribution in [2.75, 3.05) is 11.5 Å². The molecule has 1 aliphatic rings. The van der Waals surface area contributed by atoms with Crippen LogP contribution >= 0.6 is 0 Å². The van der Waals surface area contributed by atoms with E-state index in [9.17, 15) is 4.21 Å². The summed E-state index contributed by atoms with van der Waals surface area (Å²) in [4.78, 5) is 0. The third kappa shape index (κ3) is 3.35. The van der Waals surface area contributed by atoms with E-state index in [-0.39, 0.29) is 0 Å². The molecule has 1 N–H and O–H groups in total. The Morgan fingerprint density at radius 3 is 2.65 bits per heavy atom. The number of rotatable bonds is 4. The van der Waals surface area contributed by atoms with Gasteiger partial charge in [0.05, 0.1) is 5.69 Å². The van der Waals surface area contributed by atoms with Gasteiger partial charge < -0.3 is 5.32 Å². The Kier molecular flexibility index (Phi) is 4.28. The Hall–Kier alpha value is -1.46. The second kappa shape index (κ2) is 6.33. The highest BCUT2D eigenvalue weighted by molar-refractivity contribution is 7.85. The van der Waals surface area contributed by atoms with Crippen LogP contribution in [0.4, 0.5) is 0 Å². The van der Waals surface area contributed by atoms with Crippen LogP contribution in [0.2, 0.25) is 0 Å². The lowest BCUT2D eigenvalue weighted by Crippen LogP contribution is -2.35. The highest BCUT2D eigenvalue weighted by Gasteiger charge is 2.16. The Balaban J connectivity index is 1.54. The molecule has 0 bridgehead atoms. The number of nitrogens with zero attached hydrogens (tertiary/aromatic N) is 2. The zero-order valence-electron chi connectivity index (χ0n) is 11.4. The number of nitrogens with one attached hydrogen (secondary N) is 1. The maximum absolute atomic E-state index is 11.3. The Morgan fingerprint density at radius 2 is 2.00 bits per heavy atom. The van der Waals surface area contributed by atoms with Crippen LogP contribution in [0.15, 0.2) is 42.7 Å². The second-order valence-electron chi connectivity index (χ2n) is 5.12. The van der Waals surface area contributed by atoms with Crippen molar-refractivity contribution in [3.8, 4) is 5.69 Å². The van der Waals surface area contributed by atoms with E-state index in [4.69, 9.17) is 0 Å². The molecule has 2 aromatic rings. The number of hydrogen-bond donors (Lipinski definition) is 1. The van der Waals surface area contributed by atoms with Gasteiger partial charge >= 0.3 is 0 Å². The standard InChI is InChI=1S/C15H19N3OS/c19-20-10-6-14(7-11-20)16-12-13-2-4-15(5-3-13)18-9-1-8-17-18/h1-5,8-9,14,16H,6-7,10-12H2. The van der Waals surface area contributed by atoms with E-state index >= 15 is 0 Å². The average molecular weight is 289 g/mol. The quantitative estimate of drug-likeness (QED) is 0.935. The highest BCUT2D eigenvalue weighted by Crippen LogP contribution is 2.12. The molecule has 0 spiro atoms. The molecule has 2 heterocycles. The summed E-state index contributed by atoms with van der Waals surface area (Å²) in [5, 5.41) is 7.77. The van der Waals surface area contributed by atoms with E-state index in [1.54, 1.807) is 6.20 Å². The zero-order valence-corrected chi connectivity index (χ0v) is 12.2. The molecule has 0 unspecified atom stereocenters. The summed E-state index contributed by atoms with van der Waals surface area (Å²) < 4.78 is 13.2. The molecule has 20 heavy (non-hydrogen) atoms. The molecule has 106 valence electrons.